The van der Waals surface area contributed by atoms with Crippen molar-refractivity contribution in [3.8, 4) is 0 Å². The van der Waals surface area contributed by atoms with Crippen LogP contribution in [0.3, 0.4) is 0 Å². The molecule has 1 aromatic rings. The zero-order chi connectivity index (χ0) is 10.0. The van der Waals surface area contributed by atoms with Crippen LogP contribution < -0.4 is 10.3 Å². The van der Waals surface area contributed by atoms with E-state index in [4.69, 9.17) is 5.73 Å². The van der Waals surface area contributed by atoms with Gasteiger partial charge in [-0.3, -0.25) is 0 Å². The van der Waals surface area contributed by atoms with Crippen LogP contribution in [0.15, 0.2) is 18.8 Å². The third-order valence-corrected chi connectivity index (χ3v) is 2.11. The van der Waals surface area contributed by atoms with Crippen LogP contribution in [0.1, 0.15) is 23.7 Å². The van der Waals surface area contributed by atoms with Crippen molar-refractivity contribution in [2.75, 3.05) is 0 Å². The minimum Gasteiger partial charge on any atom is -0.394 e. The average Bonchev–Trinajstić information content (AvgIpc) is 2.01. The number of aryl methyl sites for hydroxylation is 3. The van der Waals surface area contributed by atoms with E-state index in [2.05, 4.69) is 44.2 Å². The fourth-order valence-electron chi connectivity index (χ4n) is 1.67. The lowest BCUT2D eigenvalue weighted by Gasteiger charge is -2.05. The van der Waals surface area contributed by atoms with E-state index in [9.17, 15) is 0 Å². The van der Waals surface area contributed by atoms with Crippen LogP contribution in [0.4, 0.5) is 0 Å². The summed E-state index contributed by atoms with van der Waals surface area (Å²) >= 11 is 0. The molecule has 0 saturated heterocycles. The molecule has 1 rings (SSSR count). The SMILES string of the molecule is C=C(N)c1c(C)cc(C)c[n+]1CC. The van der Waals surface area contributed by atoms with Crippen LogP contribution >= 0.6 is 0 Å². The summed E-state index contributed by atoms with van der Waals surface area (Å²) in [7, 11) is 0. The number of pyridine rings is 1. The molecule has 0 bridgehead atoms. The second-order valence-electron chi connectivity index (χ2n) is 3.36. The van der Waals surface area contributed by atoms with E-state index in [1.165, 1.54) is 11.1 Å². The van der Waals surface area contributed by atoms with E-state index in [0.717, 1.165) is 12.2 Å². The van der Waals surface area contributed by atoms with Gasteiger partial charge in [-0.25, -0.2) is 0 Å². The second kappa shape index (κ2) is 3.60. The third-order valence-electron chi connectivity index (χ3n) is 2.11. The highest BCUT2D eigenvalue weighted by Gasteiger charge is 2.14. The first-order valence-corrected chi connectivity index (χ1v) is 4.51. The molecule has 0 radical (unpaired) electrons. The first-order chi connectivity index (χ1) is 6.06. The van der Waals surface area contributed by atoms with E-state index in [1.807, 2.05) is 0 Å². The predicted molar refractivity (Wildman–Crippen MR) is 55.0 cm³/mol. The Hall–Kier alpha value is -1.31. The van der Waals surface area contributed by atoms with Gasteiger partial charge in [-0.15, -0.1) is 0 Å². The molecule has 1 aromatic heterocycles. The van der Waals surface area contributed by atoms with E-state index < -0.39 is 0 Å². The first-order valence-electron chi connectivity index (χ1n) is 4.51. The van der Waals surface area contributed by atoms with Gasteiger partial charge in [0, 0.05) is 11.1 Å². The van der Waals surface area contributed by atoms with Gasteiger partial charge < -0.3 is 5.73 Å². The molecule has 0 amide bonds. The van der Waals surface area contributed by atoms with Crippen molar-refractivity contribution in [1.82, 2.24) is 0 Å². The Bertz CT molecular complexity index is 340. The Kier molecular flexibility index (Phi) is 2.71. The molecule has 0 aliphatic rings. The minimum atomic E-state index is 0.638. The summed E-state index contributed by atoms with van der Waals surface area (Å²) in [6, 6.07) is 2.12. The number of hydrogen-bond donors (Lipinski definition) is 1. The van der Waals surface area contributed by atoms with Gasteiger partial charge >= 0.3 is 0 Å². The standard InChI is InChI=1S/C11H17N2/c1-5-13-7-8(2)6-9(3)11(13)10(4)12/h6-7H,4-5,12H2,1-3H3/q+1. The fraction of sp³-hybridized carbons (Fsp3) is 0.364. The highest BCUT2D eigenvalue weighted by Crippen LogP contribution is 2.09. The van der Waals surface area contributed by atoms with Gasteiger partial charge in [0.1, 0.15) is 6.54 Å². The highest BCUT2D eigenvalue weighted by atomic mass is 15.0. The largest absolute Gasteiger partial charge is 0.394 e. The Labute approximate surface area is 79.7 Å². The maximum absolute atomic E-state index is 5.73. The quantitative estimate of drug-likeness (QED) is 0.682. The van der Waals surface area contributed by atoms with Crippen LogP contribution in [-0.2, 0) is 6.54 Å². The number of nitrogens with two attached hydrogens (primary N) is 1. The number of nitrogens with zero attached hydrogens (tertiary/aromatic N) is 1. The Balaban J connectivity index is 3.38. The molecule has 70 valence electrons. The van der Waals surface area contributed by atoms with Gasteiger partial charge in [-0.05, 0) is 26.8 Å². The number of aromatic nitrogens is 1. The maximum Gasteiger partial charge on any atom is 0.230 e. The molecule has 0 unspecified atom stereocenters. The van der Waals surface area contributed by atoms with Crippen LogP contribution in [0.25, 0.3) is 5.70 Å². The summed E-state index contributed by atoms with van der Waals surface area (Å²) in [5.41, 5.74) is 9.86. The van der Waals surface area contributed by atoms with Gasteiger partial charge in [0.25, 0.3) is 0 Å². The summed E-state index contributed by atoms with van der Waals surface area (Å²) in [4.78, 5) is 0. The third kappa shape index (κ3) is 1.89. The van der Waals surface area contributed by atoms with Crippen molar-refractivity contribution in [3.05, 3.63) is 35.7 Å². The zero-order valence-corrected chi connectivity index (χ0v) is 8.59. The zero-order valence-electron chi connectivity index (χ0n) is 8.59. The van der Waals surface area contributed by atoms with Crippen LogP contribution in [0.2, 0.25) is 0 Å². The molecule has 0 aliphatic carbocycles. The molecule has 0 saturated carbocycles. The summed E-state index contributed by atoms with van der Waals surface area (Å²) in [6.45, 7) is 11.0. The highest BCUT2D eigenvalue weighted by molar-refractivity contribution is 5.57. The van der Waals surface area contributed by atoms with Crippen molar-refractivity contribution in [3.63, 3.8) is 0 Å². The van der Waals surface area contributed by atoms with Gasteiger partial charge in [0.15, 0.2) is 6.20 Å². The van der Waals surface area contributed by atoms with Crippen molar-refractivity contribution < 1.29 is 4.57 Å². The molecular weight excluding hydrogens is 160 g/mol. The van der Waals surface area contributed by atoms with E-state index in [-0.39, 0.29) is 0 Å². The maximum atomic E-state index is 5.73. The minimum absolute atomic E-state index is 0.638. The summed E-state index contributed by atoms with van der Waals surface area (Å²) in [6.07, 6.45) is 2.10. The van der Waals surface area contributed by atoms with Crippen molar-refractivity contribution >= 4 is 5.70 Å². The number of rotatable bonds is 2. The lowest BCUT2D eigenvalue weighted by Crippen LogP contribution is -2.38. The van der Waals surface area contributed by atoms with Crippen molar-refractivity contribution in [1.29, 1.82) is 0 Å². The van der Waals surface area contributed by atoms with E-state index >= 15 is 0 Å². The molecule has 0 atom stereocenters. The van der Waals surface area contributed by atoms with Gasteiger partial charge in [-0.1, -0.05) is 6.58 Å². The molecule has 2 heteroatoms. The Morgan fingerprint density at radius 1 is 1.54 bits per heavy atom. The molecule has 13 heavy (non-hydrogen) atoms. The predicted octanol–water partition coefficient (Wildman–Crippen LogP) is 1.54. The van der Waals surface area contributed by atoms with Crippen molar-refractivity contribution in [2.45, 2.75) is 27.3 Å². The van der Waals surface area contributed by atoms with Gasteiger partial charge in [-0.2, -0.15) is 4.57 Å². The lowest BCUT2D eigenvalue weighted by atomic mass is 10.1. The van der Waals surface area contributed by atoms with E-state index in [1.54, 1.807) is 0 Å². The van der Waals surface area contributed by atoms with Gasteiger partial charge in [0.05, 0.1) is 5.70 Å². The smallest absolute Gasteiger partial charge is 0.230 e. The molecular formula is C11H17N2+. The summed E-state index contributed by atoms with van der Waals surface area (Å²) < 4.78 is 2.13. The molecule has 0 aromatic carbocycles. The average molecular weight is 177 g/mol. The molecule has 2 nitrogen and oxygen atoms in total. The first kappa shape index (κ1) is 9.78. The lowest BCUT2D eigenvalue weighted by molar-refractivity contribution is -0.696. The molecule has 2 N–H and O–H groups in total. The normalized spacial score (nSPS) is 10.1. The summed E-state index contributed by atoms with van der Waals surface area (Å²) in [5, 5.41) is 0. The van der Waals surface area contributed by atoms with Crippen LogP contribution in [-0.4, -0.2) is 0 Å². The molecule has 0 aliphatic heterocycles. The number of hydrogen-bond acceptors (Lipinski definition) is 1. The fourth-order valence-corrected chi connectivity index (χ4v) is 1.67. The Morgan fingerprint density at radius 3 is 2.62 bits per heavy atom. The van der Waals surface area contributed by atoms with Crippen LogP contribution in [0.5, 0.6) is 0 Å². The van der Waals surface area contributed by atoms with Gasteiger partial charge in [0.2, 0.25) is 5.69 Å². The van der Waals surface area contributed by atoms with E-state index in [0.29, 0.717) is 5.70 Å². The topological polar surface area (TPSA) is 29.9 Å². The van der Waals surface area contributed by atoms with Crippen molar-refractivity contribution in [2.24, 2.45) is 5.73 Å². The second-order valence-corrected chi connectivity index (χ2v) is 3.36. The van der Waals surface area contributed by atoms with Crippen LogP contribution in [0, 0.1) is 13.8 Å². The molecule has 0 fully saturated rings. The summed E-state index contributed by atoms with van der Waals surface area (Å²) in [5.74, 6) is 0. The Morgan fingerprint density at radius 2 is 2.15 bits per heavy atom. The molecule has 0 spiro atoms. The molecule has 1 heterocycles. The monoisotopic (exact) mass is 177 g/mol.